The predicted molar refractivity (Wildman–Crippen MR) is 169 cm³/mol. The highest BCUT2D eigenvalue weighted by atomic mass is 31.2. The van der Waals surface area contributed by atoms with E-state index < -0.39 is 26.5 Å². The Morgan fingerprint density at radius 2 is 1.02 bits per heavy atom. The third kappa shape index (κ3) is 29.1. The van der Waals surface area contributed by atoms with Crippen molar-refractivity contribution in [2.75, 3.05) is 26.4 Å². The Balaban J connectivity index is 4.22. The van der Waals surface area contributed by atoms with E-state index in [9.17, 15) is 19.0 Å². The summed E-state index contributed by atoms with van der Waals surface area (Å²) in [5.74, 6) is -0.827. The first kappa shape index (κ1) is 41.0. The first-order valence-electron chi connectivity index (χ1n) is 17.0. The molecule has 0 aliphatic rings. The molecule has 0 rings (SSSR count). The summed E-state index contributed by atoms with van der Waals surface area (Å²) in [7, 11) is -4.35. The van der Waals surface area contributed by atoms with Crippen LogP contribution in [0.4, 0.5) is 0 Å². The summed E-state index contributed by atoms with van der Waals surface area (Å²) in [6.07, 6.45) is 24.3. The number of nitrogens with two attached hydrogens (primary N) is 1. The number of hydrogen-bond acceptors (Lipinski definition) is 8. The Morgan fingerprint density at radius 1 is 0.619 bits per heavy atom. The number of rotatable bonds is 32. The average molecular weight is 622 g/mol. The molecule has 0 saturated carbocycles. The molecule has 0 aliphatic heterocycles. The Hall–Kier alpha value is -0.990. The van der Waals surface area contributed by atoms with Crippen LogP contribution in [0.5, 0.6) is 0 Å². The van der Waals surface area contributed by atoms with Gasteiger partial charge in [0.1, 0.15) is 6.61 Å². The maximum atomic E-state index is 12.4. The van der Waals surface area contributed by atoms with Crippen molar-refractivity contribution in [1.82, 2.24) is 0 Å². The lowest BCUT2D eigenvalue weighted by Gasteiger charge is -2.19. The van der Waals surface area contributed by atoms with Crippen molar-refractivity contribution >= 4 is 19.8 Å². The lowest BCUT2D eigenvalue weighted by molar-refractivity contribution is -0.161. The second-order valence-electron chi connectivity index (χ2n) is 11.4. The van der Waals surface area contributed by atoms with Gasteiger partial charge in [-0.1, -0.05) is 136 Å². The zero-order valence-corrected chi connectivity index (χ0v) is 27.9. The van der Waals surface area contributed by atoms with Crippen LogP contribution in [-0.4, -0.2) is 49.3 Å². The Morgan fingerprint density at radius 3 is 1.45 bits per heavy atom. The quantitative estimate of drug-likeness (QED) is 0.0430. The number of phosphoric acid groups is 1. The van der Waals surface area contributed by atoms with Crippen LogP contribution in [0.1, 0.15) is 162 Å². The van der Waals surface area contributed by atoms with Crippen LogP contribution < -0.4 is 5.73 Å². The van der Waals surface area contributed by atoms with Crippen LogP contribution in [-0.2, 0) is 32.7 Å². The summed E-state index contributed by atoms with van der Waals surface area (Å²) in [5.41, 5.74) is 5.31. The van der Waals surface area contributed by atoms with E-state index >= 15 is 0 Å². The van der Waals surface area contributed by atoms with Gasteiger partial charge in [-0.2, -0.15) is 0 Å². The molecule has 0 aromatic carbocycles. The highest BCUT2D eigenvalue weighted by Gasteiger charge is 2.25. The van der Waals surface area contributed by atoms with Crippen LogP contribution >= 0.6 is 7.82 Å². The fourth-order valence-corrected chi connectivity index (χ4v) is 5.46. The first-order chi connectivity index (χ1) is 20.3. The molecule has 3 N–H and O–H groups in total. The molecule has 42 heavy (non-hydrogen) atoms. The van der Waals surface area contributed by atoms with E-state index in [2.05, 4.69) is 13.8 Å². The molecule has 9 nitrogen and oxygen atoms in total. The minimum absolute atomic E-state index is 0.0573. The largest absolute Gasteiger partial charge is 0.472 e. The monoisotopic (exact) mass is 621 g/mol. The number of esters is 2. The molecule has 0 saturated heterocycles. The predicted octanol–water partition coefficient (Wildman–Crippen LogP) is 8.55. The van der Waals surface area contributed by atoms with Gasteiger partial charge in [0, 0.05) is 19.4 Å². The minimum Gasteiger partial charge on any atom is -0.462 e. The fourth-order valence-electron chi connectivity index (χ4n) is 4.69. The van der Waals surface area contributed by atoms with Crippen molar-refractivity contribution in [1.29, 1.82) is 0 Å². The van der Waals surface area contributed by atoms with Gasteiger partial charge < -0.3 is 20.1 Å². The van der Waals surface area contributed by atoms with E-state index in [0.717, 1.165) is 38.5 Å². The summed E-state index contributed by atoms with van der Waals surface area (Å²) < 4.78 is 32.4. The molecule has 1 unspecified atom stereocenters. The van der Waals surface area contributed by atoms with Crippen molar-refractivity contribution < 1.29 is 37.6 Å². The van der Waals surface area contributed by atoms with Crippen LogP contribution in [0.15, 0.2) is 0 Å². The van der Waals surface area contributed by atoms with Gasteiger partial charge in [0.2, 0.25) is 0 Å². The summed E-state index contributed by atoms with van der Waals surface area (Å²) in [5, 5.41) is 0. The van der Waals surface area contributed by atoms with Gasteiger partial charge in [0.05, 0.1) is 13.2 Å². The number of carbonyl (C=O) groups is 2. The molecule has 0 heterocycles. The second-order valence-corrected chi connectivity index (χ2v) is 12.9. The van der Waals surface area contributed by atoms with Crippen molar-refractivity contribution in [2.24, 2.45) is 5.73 Å². The maximum Gasteiger partial charge on any atom is 0.472 e. The zero-order chi connectivity index (χ0) is 31.2. The lowest BCUT2D eigenvalue weighted by atomic mass is 10.0. The van der Waals surface area contributed by atoms with Crippen LogP contribution in [0.25, 0.3) is 0 Å². The Labute approximate surface area is 257 Å². The van der Waals surface area contributed by atoms with Gasteiger partial charge in [-0.3, -0.25) is 18.6 Å². The van der Waals surface area contributed by atoms with E-state index in [-0.39, 0.29) is 38.6 Å². The van der Waals surface area contributed by atoms with Gasteiger partial charge in [0.25, 0.3) is 0 Å². The Kier molecular flexibility index (Phi) is 29.3. The number of unbranched alkanes of at least 4 members (excludes halogenated alkanes) is 19. The van der Waals surface area contributed by atoms with E-state index in [1.54, 1.807) is 0 Å². The highest BCUT2D eigenvalue weighted by Crippen LogP contribution is 2.43. The molecule has 0 bridgehead atoms. The average Bonchev–Trinajstić information content (AvgIpc) is 2.97. The number of phosphoric ester groups is 1. The van der Waals surface area contributed by atoms with E-state index in [1.807, 2.05) is 0 Å². The molecule has 0 spiro atoms. The molecule has 10 heteroatoms. The van der Waals surface area contributed by atoms with Crippen LogP contribution in [0, 0.1) is 0 Å². The zero-order valence-electron chi connectivity index (χ0n) is 27.0. The minimum atomic E-state index is -4.35. The molecule has 0 aromatic heterocycles. The van der Waals surface area contributed by atoms with Gasteiger partial charge in [-0.15, -0.1) is 0 Å². The molecular weight excluding hydrogens is 557 g/mol. The second kappa shape index (κ2) is 30.1. The van der Waals surface area contributed by atoms with Gasteiger partial charge >= 0.3 is 19.8 Å². The topological polar surface area (TPSA) is 134 Å². The molecule has 250 valence electrons. The normalized spacial score (nSPS) is 13.5. The van der Waals surface area contributed by atoms with Crippen molar-refractivity contribution in [3.8, 4) is 0 Å². The van der Waals surface area contributed by atoms with E-state index in [0.29, 0.717) is 6.42 Å². The third-order valence-corrected chi connectivity index (χ3v) is 8.23. The van der Waals surface area contributed by atoms with Crippen LogP contribution in [0.2, 0.25) is 0 Å². The SMILES string of the molecule is CCCCCCCCCCCCCCCC(=O)OC[C@@H](COP(=O)(O)OCCN)OC(=O)CCCCCCCCCC. The molecule has 0 aliphatic carbocycles. The summed E-state index contributed by atoms with van der Waals surface area (Å²) in [6, 6.07) is 0. The summed E-state index contributed by atoms with van der Waals surface area (Å²) in [6.45, 7) is 3.68. The van der Waals surface area contributed by atoms with Gasteiger partial charge in [0.15, 0.2) is 6.10 Å². The third-order valence-electron chi connectivity index (χ3n) is 7.24. The standard InChI is InChI=1S/C32H64NO8P/c1-3-5-7-9-11-13-14-15-16-17-19-20-22-24-31(34)38-28-30(29-40-42(36,37)39-27-26-33)41-32(35)25-23-21-18-12-10-8-6-4-2/h30H,3-29,33H2,1-2H3,(H,36,37)/t30-/m0/s1. The number of ether oxygens (including phenoxy) is 2. The number of carbonyl (C=O) groups excluding carboxylic acids is 2. The molecule has 0 fully saturated rings. The van der Waals surface area contributed by atoms with Gasteiger partial charge in [-0.05, 0) is 12.8 Å². The summed E-state index contributed by atoms with van der Waals surface area (Å²) in [4.78, 5) is 34.4. The van der Waals surface area contributed by atoms with Gasteiger partial charge in [-0.25, -0.2) is 4.57 Å². The fraction of sp³-hybridized carbons (Fsp3) is 0.938. The highest BCUT2D eigenvalue weighted by molar-refractivity contribution is 7.47. The van der Waals surface area contributed by atoms with Crippen molar-refractivity contribution in [3.63, 3.8) is 0 Å². The number of hydrogen-bond donors (Lipinski definition) is 2. The van der Waals surface area contributed by atoms with E-state index in [4.69, 9.17) is 24.3 Å². The van der Waals surface area contributed by atoms with Crippen molar-refractivity contribution in [3.05, 3.63) is 0 Å². The van der Waals surface area contributed by atoms with Crippen LogP contribution in [0.3, 0.4) is 0 Å². The molecular formula is C32H64NO8P. The molecule has 2 atom stereocenters. The maximum absolute atomic E-state index is 12.4. The smallest absolute Gasteiger partial charge is 0.462 e. The lowest BCUT2D eigenvalue weighted by Crippen LogP contribution is -2.29. The van der Waals surface area contributed by atoms with E-state index in [1.165, 1.54) is 89.9 Å². The van der Waals surface area contributed by atoms with Crippen molar-refractivity contribution in [2.45, 2.75) is 168 Å². The summed E-state index contributed by atoms with van der Waals surface area (Å²) >= 11 is 0. The molecule has 0 radical (unpaired) electrons. The molecule has 0 amide bonds. The Bertz CT molecular complexity index is 679. The molecule has 0 aromatic rings. The first-order valence-corrected chi connectivity index (χ1v) is 18.5.